The van der Waals surface area contributed by atoms with Crippen molar-refractivity contribution in [2.45, 2.75) is 11.4 Å². The number of anilines is 1. The van der Waals surface area contributed by atoms with Crippen molar-refractivity contribution < 1.29 is 30.2 Å². The zero-order valence-electron chi connectivity index (χ0n) is 13.6. The fourth-order valence-electron chi connectivity index (χ4n) is 2.62. The minimum absolute atomic E-state index is 0. The van der Waals surface area contributed by atoms with Crippen molar-refractivity contribution in [1.29, 1.82) is 0 Å². The van der Waals surface area contributed by atoms with Crippen molar-refractivity contribution in [3.63, 3.8) is 0 Å². The first-order chi connectivity index (χ1) is 12.4. The van der Waals surface area contributed by atoms with Crippen molar-refractivity contribution >= 4 is 51.7 Å². The molecule has 3 heterocycles. The van der Waals surface area contributed by atoms with E-state index in [1.807, 2.05) is 0 Å². The maximum absolute atomic E-state index is 12.4. The van der Waals surface area contributed by atoms with Crippen LogP contribution in [0.25, 0.3) is 0 Å². The number of rotatable bonds is 5. The number of aromatic nitrogens is 1. The highest BCUT2D eigenvalue weighted by atomic mass is 32.2. The lowest BCUT2D eigenvalue weighted by molar-refractivity contribution is -0.150. The molecule has 1 aromatic rings. The maximum atomic E-state index is 12.4. The lowest BCUT2D eigenvalue weighted by Crippen LogP contribution is -2.71. The zero-order valence-corrected chi connectivity index (χ0v) is 15.2. The lowest BCUT2D eigenvalue weighted by Gasteiger charge is -2.49. The molecule has 0 unspecified atom stereocenters. The highest BCUT2D eigenvalue weighted by molar-refractivity contribution is 8.00. The summed E-state index contributed by atoms with van der Waals surface area (Å²) in [5.41, 5.74) is 5.49. The Bertz CT molecular complexity index is 879. The number of oxime groups is 1. The van der Waals surface area contributed by atoms with Gasteiger partial charge in [0.2, 0.25) is 0 Å². The van der Waals surface area contributed by atoms with Crippen molar-refractivity contribution in [2.24, 2.45) is 5.16 Å². The van der Waals surface area contributed by atoms with Gasteiger partial charge in [0.25, 0.3) is 11.8 Å². The predicted octanol–water partition coefficient (Wildman–Crippen LogP) is -0.996. The van der Waals surface area contributed by atoms with E-state index in [0.29, 0.717) is 11.3 Å². The number of carbonyl (C=O) groups is 3. The second kappa shape index (κ2) is 7.77. The monoisotopic (exact) mass is 413 g/mol. The molecule has 3 rings (SSSR count). The molecular formula is C14H15N5O6S2. The Morgan fingerprint density at radius 1 is 1.52 bits per heavy atom. The SMILES string of the molecule is C=CC1=C(C(=O)O)N2C(=O)[C@@H](NC(=O)/C(=N/O)c3csc(N)n3)[C@H]2SC1.O. The van der Waals surface area contributed by atoms with Gasteiger partial charge in [-0.25, -0.2) is 9.78 Å². The Labute approximate surface area is 160 Å². The summed E-state index contributed by atoms with van der Waals surface area (Å²) >= 11 is 2.37. The van der Waals surface area contributed by atoms with E-state index in [2.05, 4.69) is 22.0 Å². The number of carboxylic acid groups (broad SMARTS) is 1. The molecule has 1 fully saturated rings. The third-order valence-corrected chi connectivity index (χ3v) is 5.79. The summed E-state index contributed by atoms with van der Waals surface area (Å²) in [6.45, 7) is 3.56. The average Bonchev–Trinajstić information content (AvgIpc) is 3.04. The molecule has 7 N–H and O–H groups in total. The first kappa shape index (κ1) is 20.4. The van der Waals surface area contributed by atoms with Gasteiger partial charge >= 0.3 is 5.97 Å². The van der Waals surface area contributed by atoms with Crippen LogP contribution in [0.4, 0.5) is 5.13 Å². The maximum Gasteiger partial charge on any atom is 0.352 e. The summed E-state index contributed by atoms with van der Waals surface area (Å²) in [5.74, 6) is -2.27. The summed E-state index contributed by atoms with van der Waals surface area (Å²) in [4.78, 5) is 41.2. The minimum atomic E-state index is -1.24. The number of aliphatic carboxylic acids is 1. The molecule has 0 aromatic carbocycles. The van der Waals surface area contributed by atoms with E-state index in [1.165, 1.54) is 23.2 Å². The quantitative estimate of drug-likeness (QED) is 0.204. The number of nitrogens with one attached hydrogen (secondary N) is 1. The predicted molar refractivity (Wildman–Crippen MR) is 98.3 cm³/mol. The van der Waals surface area contributed by atoms with Crippen LogP contribution in [-0.2, 0) is 14.4 Å². The standard InChI is InChI=1S/C14H13N5O5S2.H2O/c1-2-5-3-25-12-8(11(21)19(12)9(5)13(22)23)17-10(20)7(18-24)6-4-26-14(15)16-6;/h2,4,8,12,24H,1,3H2,(H2,15,16)(H,17,20)(H,22,23);1H2/b18-7+;/t8-,12-;/m1./s1. The number of allylic oxidation sites excluding steroid dienone is 1. The molecule has 0 saturated carbocycles. The molecule has 0 spiro atoms. The molecule has 13 heteroatoms. The second-order valence-electron chi connectivity index (χ2n) is 5.26. The number of nitrogen functional groups attached to an aromatic ring is 1. The molecule has 2 atom stereocenters. The Morgan fingerprint density at radius 3 is 2.74 bits per heavy atom. The number of fused-ring (bicyclic) bond motifs is 1. The summed E-state index contributed by atoms with van der Waals surface area (Å²) in [7, 11) is 0. The van der Waals surface area contributed by atoms with E-state index in [-0.39, 0.29) is 27.7 Å². The topological polar surface area (TPSA) is 190 Å². The average molecular weight is 413 g/mol. The van der Waals surface area contributed by atoms with Crippen molar-refractivity contribution in [2.75, 3.05) is 11.5 Å². The van der Waals surface area contributed by atoms with Gasteiger partial charge in [0.1, 0.15) is 22.8 Å². The van der Waals surface area contributed by atoms with Crippen molar-refractivity contribution in [3.8, 4) is 0 Å². The van der Waals surface area contributed by atoms with Crippen LogP contribution in [0.5, 0.6) is 0 Å². The van der Waals surface area contributed by atoms with Crippen molar-refractivity contribution in [3.05, 3.63) is 35.0 Å². The first-order valence-electron chi connectivity index (χ1n) is 7.16. The Morgan fingerprint density at radius 2 is 2.22 bits per heavy atom. The van der Waals surface area contributed by atoms with E-state index in [9.17, 15) is 19.5 Å². The van der Waals surface area contributed by atoms with Crippen LogP contribution in [0, 0.1) is 0 Å². The zero-order chi connectivity index (χ0) is 19.0. The van der Waals surface area contributed by atoms with E-state index in [1.54, 1.807) is 0 Å². The lowest BCUT2D eigenvalue weighted by atomic mass is 10.0. The van der Waals surface area contributed by atoms with Gasteiger partial charge in [-0.1, -0.05) is 17.8 Å². The normalized spacial score (nSPS) is 21.7. The van der Waals surface area contributed by atoms with Crippen LogP contribution >= 0.6 is 23.1 Å². The molecule has 1 aromatic heterocycles. The number of thiazole rings is 1. The van der Waals surface area contributed by atoms with Gasteiger partial charge in [-0.05, 0) is 5.57 Å². The molecular weight excluding hydrogens is 398 g/mol. The minimum Gasteiger partial charge on any atom is -0.477 e. The molecule has 2 amide bonds. The van der Waals surface area contributed by atoms with Crippen LogP contribution < -0.4 is 11.1 Å². The number of amides is 2. The van der Waals surface area contributed by atoms with E-state index in [0.717, 1.165) is 16.2 Å². The largest absolute Gasteiger partial charge is 0.477 e. The number of carbonyl (C=O) groups excluding carboxylic acids is 2. The Balaban J connectivity index is 0.00000261. The molecule has 1 saturated heterocycles. The molecule has 2 aliphatic rings. The highest BCUT2D eigenvalue weighted by Crippen LogP contribution is 2.40. The fraction of sp³-hybridized carbons (Fsp3) is 0.214. The summed E-state index contributed by atoms with van der Waals surface area (Å²) < 4.78 is 0. The summed E-state index contributed by atoms with van der Waals surface area (Å²) in [5, 5.41) is 24.9. The number of carboxylic acids is 1. The second-order valence-corrected chi connectivity index (χ2v) is 7.26. The van der Waals surface area contributed by atoms with Crippen LogP contribution in [-0.4, -0.2) is 66.3 Å². The Hall–Kier alpha value is -2.90. The third kappa shape index (κ3) is 3.39. The van der Waals surface area contributed by atoms with E-state index >= 15 is 0 Å². The van der Waals surface area contributed by atoms with Crippen molar-refractivity contribution in [1.82, 2.24) is 15.2 Å². The van der Waals surface area contributed by atoms with Crippen LogP contribution in [0.2, 0.25) is 0 Å². The number of β-lactam (4-membered cyclic amide) rings is 1. The molecule has 27 heavy (non-hydrogen) atoms. The van der Waals surface area contributed by atoms with Gasteiger partial charge in [0.15, 0.2) is 10.8 Å². The van der Waals surface area contributed by atoms with Gasteiger partial charge in [-0.2, -0.15) is 0 Å². The molecule has 0 bridgehead atoms. The molecule has 2 aliphatic heterocycles. The highest BCUT2D eigenvalue weighted by Gasteiger charge is 2.54. The summed E-state index contributed by atoms with van der Waals surface area (Å²) in [6, 6.07) is -0.944. The number of hydrogen-bond donors (Lipinski definition) is 4. The van der Waals surface area contributed by atoms with Gasteiger partial charge in [0.05, 0.1) is 0 Å². The number of hydrogen-bond acceptors (Lipinski definition) is 9. The van der Waals surface area contributed by atoms with Crippen LogP contribution in [0.1, 0.15) is 5.69 Å². The fourth-order valence-corrected chi connectivity index (χ4v) is 4.51. The van der Waals surface area contributed by atoms with Crippen LogP contribution in [0.15, 0.2) is 34.5 Å². The number of thioether (sulfide) groups is 1. The number of nitrogens with two attached hydrogens (primary N) is 1. The molecule has 11 nitrogen and oxygen atoms in total. The smallest absolute Gasteiger partial charge is 0.352 e. The van der Waals surface area contributed by atoms with Gasteiger partial charge in [0, 0.05) is 11.1 Å². The first-order valence-corrected chi connectivity index (χ1v) is 9.09. The molecule has 0 radical (unpaired) electrons. The summed E-state index contributed by atoms with van der Waals surface area (Å²) in [6.07, 6.45) is 1.40. The van der Waals surface area contributed by atoms with Gasteiger partial charge in [-0.15, -0.1) is 23.1 Å². The molecule has 144 valence electrons. The van der Waals surface area contributed by atoms with E-state index in [4.69, 9.17) is 10.9 Å². The van der Waals surface area contributed by atoms with Gasteiger partial charge < -0.3 is 26.8 Å². The van der Waals surface area contributed by atoms with Crippen LogP contribution in [0.3, 0.4) is 0 Å². The molecule has 0 aliphatic carbocycles. The Kier molecular flexibility index (Phi) is 5.88. The van der Waals surface area contributed by atoms with Gasteiger partial charge in [-0.3, -0.25) is 14.5 Å². The van der Waals surface area contributed by atoms with E-state index < -0.39 is 29.2 Å². The third-order valence-electron chi connectivity index (χ3n) is 3.81. The number of nitrogens with zero attached hydrogens (tertiary/aromatic N) is 3.